The molecule has 0 aromatic heterocycles. The quantitative estimate of drug-likeness (QED) is 0.726. The fourth-order valence-corrected chi connectivity index (χ4v) is 1.37. The van der Waals surface area contributed by atoms with Crippen molar-refractivity contribution < 1.29 is 14.7 Å². The smallest absolute Gasteiger partial charge is 0.201 e. The highest BCUT2D eigenvalue weighted by molar-refractivity contribution is 8.26. The molecule has 70 valence electrons. The van der Waals surface area contributed by atoms with Gasteiger partial charge in [0.05, 0.1) is 12.0 Å². The molecule has 0 heterocycles. The largest absolute Gasteiger partial charge is 0.392 e. The van der Waals surface area contributed by atoms with Crippen molar-refractivity contribution in [2.75, 3.05) is 0 Å². The van der Waals surface area contributed by atoms with Crippen LogP contribution in [-0.2, 0) is 9.59 Å². The maximum absolute atomic E-state index is 11.1. The van der Waals surface area contributed by atoms with Crippen LogP contribution in [0.1, 0.15) is 27.2 Å². The lowest BCUT2D eigenvalue weighted by Crippen LogP contribution is -2.23. The number of aliphatic hydroxyl groups excluding tert-OH is 1. The first kappa shape index (κ1) is 11.6. The summed E-state index contributed by atoms with van der Waals surface area (Å²) in [6.45, 7) is 4.77. The first-order valence-electron chi connectivity index (χ1n) is 3.89. The predicted octanol–water partition coefficient (Wildman–Crippen LogP) is 1.20. The predicted molar refractivity (Wildman–Crippen MR) is 48.7 cm³/mol. The van der Waals surface area contributed by atoms with E-state index in [9.17, 15) is 14.7 Å². The molecule has 0 aliphatic rings. The van der Waals surface area contributed by atoms with Crippen molar-refractivity contribution in [1.29, 1.82) is 0 Å². The summed E-state index contributed by atoms with van der Waals surface area (Å²) < 4.78 is 0. The fraction of sp³-hybridized carbons (Fsp3) is 0.750. The van der Waals surface area contributed by atoms with Gasteiger partial charge in [0.15, 0.2) is 5.12 Å². The van der Waals surface area contributed by atoms with Gasteiger partial charge in [0, 0.05) is 6.92 Å². The lowest BCUT2D eigenvalue weighted by molar-refractivity contribution is -0.117. The Morgan fingerprint density at radius 1 is 1.50 bits per heavy atom. The van der Waals surface area contributed by atoms with Crippen molar-refractivity contribution in [3.63, 3.8) is 0 Å². The second kappa shape index (κ2) is 5.32. The average Bonchev–Trinajstić information content (AvgIpc) is 2.00. The molecule has 1 N–H and O–H groups in total. The van der Waals surface area contributed by atoms with Gasteiger partial charge in [-0.3, -0.25) is 9.59 Å². The second-order valence-electron chi connectivity index (χ2n) is 2.68. The Kier molecular flexibility index (Phi) is 5.17. The van der Waals surface area contributed by atoms with Crippen LogP contribution in [0.25, 0.3) is 0 Å². The van der Waals surface area contributed by atoms with Gasteiger partial charge < -0.3 is 5.11 Å². The van der Waals surface area contributed by atoms with Crippen LogP contribution in [0.3, 0.4) is 0 Å². The molecule has 12 heavy (non-hydrogen) atoms. The number of carbonyl (C=O) groups is 2. The third-order valence-electron chi connectivity index (χ3n) is 1.61. The molecule has 0 aromatic rings. The zero-order valence-corrected chi connectivity index (χ0v) is 8.35. The number of hydrogen-bond donors (Lipinski definition) is 1. The van der Waals surface area contributed by atoms with E-state index in [0.29, 0.717) is 18.2 Å². The van der Waals surface area contributed by atoms with Gasteiger partial charge in [-0.25, -0.2) is 0 Å². The Morgan fingerprint density at radius 3 is 2.33 bits per heavy atom. The molecule has 0 unspecified atom stereocenters. The first-order valence-corrected chi connectivity index (χ1v) is 4.71. The van der Waals surface area contributed by atoms with Crippen molar-refractivity contribution >= 4 is 22.0 Å². The van der Waals surface area contributed by atoms with Crippen molar-refractivity contribution in [2.45, 2.75) is 33.3 Å². The maximum atomic E-state index is 11.1. The van der Waals surface area contributed by atoms with E-state index in [-0.39, 0.29) is 10.2 Å². The number of rotatable bonds is 3. The maximum Gasteiger partial charge on any atom is 0.201 e. The molecule has 0 radical (unpaired) electrons. The van der Waals surface area contributed by atoms with E-state index >= 15 is 0 Å². The summed E-state index contributed by atoms with van der Waals surface area (Å²) in [4.78, 5) is 21.7. The fourth-order valence-electron chi connectivity index (χ4n) is 0.745. The molecular weight excluding hydrogens is 176 g/mol. The Labute approximate surface area is 76.5 Å². The highest BCUT2D eigenvalue weighted by Crippen LogP contribution is 2.16. The molecule has 0 aromatic carbocycles. The van der Waals surface area contributed by atoms with Gasteiger partial charge in [0.2, 0.25) is 5.12 Å². The lowest BCUT2D eigenvalue weighted by atomic mass is 10.1. The summed E-state index contributed by atoms with van der Waals surface area (Å²) in [7, 11) is 0. The highest BCUT2D eigenvalue weighted by Gasteiger charge is 2.21. The highest BCUT2D eigenvalue weighted by atomic mass is 32.2. The van der Waals surface area contributed by atoms with Crippen molar-refractivity contribution in [3.05, 3.63) is 0 Å². The molecule has 0 bridgehead atoms. The molecule has 0 aliphatic carbocycles. The summed E-state index contributed by atoms with van der Waals surface area (Å²) in [5.41, 5.74) is 0. The van der Waals surface area contributed by atoms with E-state index in [2.05, 4.69) is 0 Å². The molecule has 0 amide bonds. The van der Waals surface area contributed by atoms with Gasteiger partial charge in [0.1, 0.15) is 0 Å². The number of carbonyl (C=O) groups excluding carboxylic acids is 2. The number of thioether (sulfide) groups is 1. The second-order valence-corrected chi connectivity index (χ2v) is 3.86. The molecule has 4 heteroatoms. The third-order valence-corrected chi connectivity index (χ3v) is 2.47. The van der Waals surface area contributed by atoms with Crippen molar-refractivity contribution in [1.82, 2.24) is 0 Å². The van der Waals surface area contributed by atoms with Gasteiger partial charge in [0.25, 0.3) is 0 Å². The Morgan fingerprint density at radius 2 is 2.00 bits per heavy atom. The molecule has 0 rings (SSSR count). The standard InChI is InChI=1S/C8H14O3S/c1-4-7(10)5(2)8(11)12-6(3)9/h5,7,10H,4H2,1-3H3/t5-,7+/m0/s1. The van der Waals surface area contributed by atoms with Gasteiger partial charge >= 0.3 is 0 Å². The van der Waals surface area contributed by atoms with E-state index < -0.39 is 12.0 Å². The minimum atomic E-state index is -0.635. The summed E-state index contributed by atoms with van der Waals surface area (Å²) >= 11 is 0.668. The van der Waals surface area contributed by atoms with Gasteiger partial charge in [-0.2, -0.15) is 0 Å². The van der Waals surface area contributed by atoms with E-state index in [1.165, 1.54) is 6.92 Å². The summed E-state index contributed by atoms with van der Waals surface area (Å²) in [5.74, 6) is -0.455. The Bertz CT molecular complexity index is 179. The molecule has 3 nitrogen and oxygen atoms in total. The van der Waals surface area contributed by atoms with Gasteiger partial charge in [-0.05, 0) is 18.2 Å². The van der Waals surface area contributed by atoms with Gasteiger partial charge in [-0.1, -0.05) is 13.8 Å². The minimum absolute atomic E-state index is 0.227. The lowest BCUT2D eigenvalue weighted by Gasteiger charge is -2.13. The number of aliphatic hydroxyl groups is 1. The van der Waals surface area contributed by atoms with E-state index in [4.69, 9.17) is 0 Å². The number of hydrogen-bond acceptors (Lipinski definition) is 4. The average molecular weight is 190 g/mol. The summed E-state index contributed by atoms with van der Waals surface area (Å²) in [5, 5.41) is 8.78. The van der Waals surface area contributed by atoms with Crippen LogP contribution in [0.5, 0.6) is 0 Å². The van der Waals surface area contributed by atoms with Crippen LogP contribution >= 0.6 is 11.8 Å². The molecule has 0 saturated heterocycles. The normalized spacial score (nSPS) is 15.3. The Balaban J connectivity index is 4.01. The van der Waals surface area contributed by atoms with Crippen LogP contribution < -0.4 is 0 Å². The van der Waals surface area contributed by atoms with Crippen LogP contribution in [-0.4, -0.2) is 21.4 Å². The van der Waals surface area contributed by atoms with E-state index in [1.807, 2.05) is 0 Å². The molecule has 0 saturated carbocycles. The molecule has 0 fully saturated rings. The molecule has 0 aliphatic heterocycles. The molecule has 2 atom stereocenters. The topological polar surface area (TPSA) is 54.4 Å². The summed E-state index contributed by atoms with van der Waals surface area (Å²) in [6, 6.07) is 0. The van der Waals surface area contributed by atoms with E-state index in [0.717, 1.165) is 0 Å². The van der Waals surface area contributed by atoms with E-state index in [1.54, 1.807) is 13.8 Å². The summed E-state index contributed by atoms with van der Waals surface area (Å²) in [6.07, 6.45) is -0.102. The zero-order chi connectivity index (χ0) is 9.72. The van der Waals surface area contributed by atoms with Crippen LogP contribution in [0.2, 0.25) is 0 Å². The minimum Gasteiger partial charge on any atom is -0.392 e. The van der Waals surface area contributed by atoms with Crippen molar-refractivity contribution in [3.8, 4) is 0 Å². The SMILES string of the molecule is CC[C@@H](O)[C@H](C)C(=O)SC(C)=O. The van der Waals surface area contributed by atoms with Crippen LogP contribution in [0, 0.1) is 5.92 Å². The Hall–Kier alpha value is -0.350. The molecular formula is C8H14O3S. The van der Waals surface area contributed by atoms with Crippen LogP contribution in [0.4, 0.5) is 0 Å². The third kappa shape index (κ3) is 3.88. The first-order chi connectivity index (χ1) is 5.49. The zero-order valence-electron chi connectivity index (χ0n) is 7.53. The molecule has 0 spiro atoms. The monoisotopic (exact) mass is 190 g/mol. The van der Waals surface area contributed by atoms with Gasteiger partial charge in [-0.15, -0.1) is 0 Å². The van der Waals surface area contributed by atoms with Crippen LogP contribution in [0.15, 0.2) is 0 Å². The van der Waals surface area contributed by atoms with Crippen molar-refractivity contribution in [2.24, 2.45) is 5.92 Å².